The lowest BCUT2D eigenvalue weighted by molar-refractivity contribution is -0.154. The highest BCUT2D eigenvalue weighted by Crippen LogP contribution is 2.41. The third-order valence-electron chi connectivity index (χ3n) is 3.77. The topological polar surface area (TPSA) is 69.7 Å². The second-order valence-electron chi connectivity index (χ2n) is 5.09. The smallest absolute Gasteiger partial charge is 0.339 e. The van der Waals surface area contributed by atoms with Crippen molar-refractivity contribution < 1.29 is 23.9 Å². The number of cyclic esters (lactones) is 1. The van der Waals surface area contributed by atoms with Gasteiger partial charge in [0, 0.05) is 11.5 Å². The number of rotatable bonds is 4. The van der Waals surface area contributed by atoms with E-state index < -0.39 is 24.0 Å². The molecule has 1 aromatic rings. The molecular weight excluding hydrogens is 260 g/mol. The number of esters is 2. The van der Waals surface area contributed by atoms with E-state index in [0.717, 1.165) is 12.8 Å². The van der Waals surface area contributed by atoms with Crippen LogP contribution in [-0.2, 0) is 19.1 Å². The Labute approximate surface area is 115 Å². The Morgan fingerprint density at radius 2 is 2.00 bits per heavy atom. The Morgan fingerprint density at radius 3 is 2.65 bits per heavy atom. The van der Waals surface area contributed by atoms with Crippen LogP contribution in [0.4, 0.5) is 0 Å². The van der Waals surface area contributed by atoms with Crippen molar-refractivity contribution in [3.63, 3.8) is 0 Å². The van der Waals surface area contributed by atoms with Gasteiger partial charge in [0.05, 0.1) is 12.7 Å². The molecule has 1 aromatic carbocycles. The average Bonchev–Trinajstić information content (AvgIpc) is 3.26. The number of hydrogen-bond acceptors (Lipinski definition) is 5. The monoisotopic (exact) mass is 274 g/mol. The molecule has 20 heavy (non-hydrogen) atoms. The molecule has 104 valence electrons. The molecular formula is C15H14O5. The molecule has 1 heterocycles. The quantitative estimate of drug-likeness (QED) is 0.617. The zero-order valence-corrected chi connectivity index (χ0v) is 11.0. The molecule has 2 aliphatic rings. The van der Waals surface area contributed by atoms with Crippen LogP contribution in [0, 0.1) is 11.8 Å². The lowest BCUT2D eigenvalue weighted by atomic mass is 9.89. The molecule has 1 aliphatic heterocycles. The molecule has 0 saturated heterocycles. The zero-order chi connectivity index (χ0) is 14.3. The van der Waals surface area contributed by atoms with E-state index >= 15 is 0 Å². The summed E-state index contributed by atoms with van der Waals surface area (Å²) in [5, 5.41) is 0. The molecule has 1 saturated carbocycles. The van der Waals surface area contributed by atoms with Crippen LogP contribution < -0.4 is 0 Å². The first-order chi connectivity index (χ1) is 9.63. The molecule has 0 amide bonds. The fourth-order valence-electron chi connectivity index (χ4n) is 2.56. The Kier molecular flexibility index (Phi) is 3.04. The van der Waals surface area contributed by atoms with Gasteiger partial charge in [-0.15, -0.1) is 0 Å². The largest absolute Gasteiger partial charge is 0.468 e. The van der Waals surface area contributed by atoms with Gasteiger partial charge in [-0.25, -0.2) is 4.79 Å². The van der Waals surface area contributed by atoms with Crippen molar-refractivity contribution in [2.45, 2.75) is 18.9 Å². The predicted octanol–water partition coefficient (Wildman–Crippen LogP) is 1.67. The average molecular weight is 274 g/mol. The Hall–Kier alpha value is -2.17. The first-order valence-corrected chi connectivity index (χ1v) is 6.55. The highest BCUT2D eigenvalue weighted by molar-refractivity contribution is 6.04. The SMILES string of the molecule is COC(=O)C(C(=O)C1CC1)C1OC(=O)c2ccccc21. The summed E-state index contributed by atoms with van der Waals surface area (Å²) < 4.78 is 9.98. The van der Waals surface area contributed by atoms with Crippen molar-refractivity contribution in [1.82, 2.24) is 0 Å². The van der Waals surface area contributed by atoms with Crippen LogP contribution >= 0.6 is 0 Å². The fraction of sp³-hybridized carbons (Fsp3) is 0.400. The van der Waals surface area contributed by atoms with Crippen LogP contribution in [-0.4, -0.2) is 24.8 Å². The standard InChI is InChI=1S/C15H14O5/c1-19-15(18)11(12(16)8-6-7-8)13-9-4-2-3-5-10(9)14(17)20-13/h2-5,8,11,13H,6-7H2,1H3. The van der Waals surface area contributed by atoms with E-state index in [4.69, 9.17) is 9.47 Å². The second-order valence-corrected chi connectivity index (χ2v) is 5.09. The van der Waals surface area contributed by atoms with Gasteiger partial charge in [-0.05, 0) is 18.9 Å². The van der Waals surface area contributed by atoms with Crippen LogP contribution in [0.1, 0.15) is 34.9 Å². The van der Waals surface area contributed by atoms with E-state index in [2.05, 4.69) is 0 Å². The minimum atomic E-state index is -1.06. The minimum Gasteiger partial charge on any atom is -0.468 e. The van der Waals surface area contributed by atoms with Crippen molar-refractivity contribution in [2.24, 2.45) is 11.8 Å². The highest BCUT2D eigenvalue weighted by Gasteiger charge is 2.48. The summed E-state index contributed by atoms with van der Waals surface area (Å²) in [7, 11) is 1.23. The van der Waals surface area contributed by atoms with E-state index in [9.17, 15) is 14.4 Å². The lowest BCUT2D eigenvalue weighted by Gasteiger charge is -2.19. The van der Waals surface area contributed by atoms with E-state index in [0.29, 0.717) is 11.1 Å². The molecule has 0 aromatic heterocycles. The third-order valence-corrected chi connectivity index (χ3v) is 3.77. The minimum absolute atomic E-state index is 0.106. The van der Waals surface area contributed by atoms with Crippen molar-refractivity contribution in [3.8, 4) is 0 Å². The predicted molar refractivity (Wildman–Crippen MR) is 67.8 cm³/mol. The summed E-state index contributed by atoms with van der Waals surface area (Å²) in [6.45, 7) is 0. The number of ether oxygens (including phenoxy) is 2. The number of ketones is 1. The number of methoxy groups -OCH3 is 1. The summed E-state index contributed by atoms with van der Waals surface area (Å²) in [6, 6.07) is 6.82. The third kappa shape index (κ3) is 1.99. The maximum absolute atomic E-state index is 12.3. The Balaban J connectivity index is 1.98. The van der Waals surface area contributed by atoms with Crippen molar-refractivity contribution in [1.29, 1.82) is 0 Å². The maximum Gasteiger partial charge on any atom is 0.339 e. The molecule has 2 unspecified atom stereocenters. The van der Waals surface area contributed by atoms with Crippen molar-refractivity contribution >= 4 is 17.7 Å². The van der Waals surface area contributed by atoms with Gasteiger partial charge in [-0.1, -0.05) is 18.2 Å². The van der Waals surface area contributed by atoms with Crippen LogP contribution in [0.5, 0.6) is 0 Å². The van der Waals surface area contributed by atoms with E-state index in [1.807, 2.05) is 0 Å². The van der Waals surface area contributed by atoms with Gasteiger partial charge in [0.25, 0.3) is 0 Å². The molecule has 1 aliphatic carbocycles. The molecule has 5 heteroatoms. The molecule has 5 nitrogen and oxygen atoms in total. The Bertz CT molecular complexity index is 588. The lowest BCUT2D eigenvalue weighted by Crippen LogP contribution is -2.32. The van der Waals surface area contributed by atoms with Crippen LogP contribution in [0.25, 0.3) is 0 Å². The highest BCUT2D eigenvalue weighted by atomic mass is 16.6. The first kappa shape index (κ1) is 12.8. The summed E-state index contributed by atoms with van der Waals surface area (Å²) in [6.07, 6.45) is 0.711. The second kappa shape index (κ2) is 4.74. The van der Waals surface area contributed by atoms with Crippen LogP contribution in [0.3, 0.4) is 0 Å². The number of Topliss-reactive ketones (excluding diaryl/α,β-unsaturated/α-hetero) is 1. The molecule has 0 spiro atoms. The van der Waals surface area contributed by atoms with Gasteiger partial charge in [-0.2, -0.15) is 0 Å². The zero-order valence-electron chi connectivity index (χ0n) is 11.0. The van der Waals surface area contributed by atoms with Gasteiger partial charge < -0.3 is 9.47 Å². The van der Waals surface area contributed by atoms with Gasteiger partial charge in [0.1, 0.15) is 6.10 Å². The molecule has 3 rings (SSSR count). The van der Waals surface area contributed by atoms with Crippen molar-refractivity contribution in [2.75, 3.05) is 7.11 Å². The molecule has 0 bridgehead atoms. The summed E-state index contributed by atoms with van der Waals surface area (Å²) in [4.78, 5) is 36.1. The van der Waals surface area contributed by atoms with Gasteiger partial charge >= 0.3 is 11.9 Å². The number of hydrogen-bond donors (Lipinski definition) is 0. The molecule has 0 N–H and O–H groups in total. The van der Waals surface area contributed by atoms with E-state index in [1.54, 1.807) is 24.3 Å². The number of carbonyl (C=O) groups excluding carboxylic acids is 3. The number of benzene rings is 1. The number of fused-ring (bicyclic) bond motifs is 1. The van der Waals surface area contributed by atoms with Gasteiger partial charge in [-0.3, -0.25) is 9.59 Å². The summed E-state index contributed by atoms with van der Waals surface area (Å²) >= 11 is 0. The summed E-state index contributed by atoms with van der Waals surface area (Å²) in [5.74, 6) is -2.49. The normalized spacial score (nSPS) is 21.9. The fourth-order valence-corrected chi connectivity index (χ4v) is 2.56. The molecule has 1 fully saturated rings. The first-order valence-electron chi connectivity index (χ1n) is 6.55. The Morgan fingerprint density at radius 1 is 1.30 bits per heavy atom. The van der Waals surface area contributed by atoms with Crippen LogP contribution in [0.2, 0.25) is 0 Å². The van der Waals surface area contributed by atoms with E-state index in [1.165, 1.54) is 7.11 Å². The van der Waals surface area contributed by atoms with Crippen LogP contribution in [0.15, 0.2) is 24.3 Å². The van der Waals surface area contributed by atoms with Gasteiger partial charge in [0.2, 0.25) is 0 Å². The maximum atomic E-state index is 12.3. The van der Waals surface area contributed by atoms with Gasteiger partial charge in [0.15, 0.2) is 11.7 Å². The van der Waals surface area contributed by atoms with Crippen molar-refractivity contribution in [3.05, 3.63) is 35.4 Å². The molecule has 0 radical (unpaired) electrons. The summed E-state index contributed by atoms with van der Waals surface area (Å²) in [5.41, 5.74) is 0.997. The van der Waals surface area contributed by atoms with E-state index in [-0.39, 0.29) is 11.7 Å². The number of carbonyl (C=O) groups is 3. The molecule has 2 atom stereocenters.